The molecule has 1 nitrogen and oxygen atoms in total. The van der Waals surface area contributed by atoms with Crippen molar-refractivity contribution in [1.29, 1.82) is 0 Å². The van der Waals surface area contributed by atoms with Gasteiger partial charge in [-0.05, 0) is 67.3 Å². The first-order valence-electron chi connectivity index (χ1n) is 7.32. The van der Waals surface area contributed by atoms with Gasteiger partial charge in [0.1, 0.15) is 5.82 Å². The summed E-state index contributed by atoms with van der Waals surface area (Å²) in [6.07, 6.45) is 1.09. The zero-order chi connectivity index (χ0) is 15.4. The van der Waals surface area contributed by atoms with Gasteiger partial charge < -0.3 is 5.32 Å². The lowest BCUT2D eigenvalue weighted by Crippen LogP contribution is -2.19. The van der Waals surface area contributed by atoms with E-state index in [1.54, 1.807) is 12.1 Å². The van der Waals surface area contributed by atoms with E-state index in [0.717, 1.165) is 35.2 Å². The van der Waals surface area contributed by atoms with Crippen molar-refractivity contribution < 1.29 is 4.39 Å². The van der Waals surface area contributed by atoms with Crippen LogP contribution in [-0.4, -0.2) is 6.54 Å². The lowest BCUT2D eigenvalue weighted by molar-refractivity contribution is 0.571. The standard InChI is InChI=1S/C18H21ClFN/c1-4-9-21-13(3)16-8-6-14(10-18(16)19)17-11-15(20)7-5-12(17)2/h5-8,10-11,13,21H,4,9H2,1-3H3. The molecule has 0 fully saturated rings. The van der Waals surface area contributed by atoms with Gasteiger partial charge in [0.25, 0.3) is 0 Å². The van der Waals surface area contributed by atoms with Crippen molar-refractivity contribution in [2.24, 2.45) is 0 Å². The van der Waals surface area contributed by atoms with Crippen molar-refractivity contribution in [2.45, 2.75) is 33.2 Å². The van der Waals surface area contributed by atoms with Gasteiger partial charge in [-0.15, -0.1) is 0 Å². The second-order valence-corrected chi connectivity index (χ2v) is 5.78. The van der Waals surface area contributed by atoms with Crippen molar-refractivity contribution in [2.75, 3.05) is 6.54 Å². The molecule has 0 aliphatic heterocycles. The average Bonchev–Trinajstić information content (AvgIpc) is 2.47. The maximum Gasteiger partial charge on any atom is 0.123 e. The van der Waals surface area contributed by atoms with Gasteiger partial charge in [-0.3, -0.25) is 0 Å². The Bertz CT molecular complexity index is 625. The second kappa shape index (κ2) is 7.06. The summed E-state index contributed by atoms with van der Waals surface area (Å²) in [5.74, 6) is -0.228. The first-order chi connectivity index (χ1) is 10.0. The van der Waals surface area contributed by atoms with Crippen molar-refractivity contribution in [3.05, 3.63) is 58.4 Å². The lowest BCUT2D eigenvalue weighted by Gasteiger charge is -2.16. The minimum Gasteiger partial charge on any atom is -0.310 e. The Morgan fingerprint density at radius 1 is 1.19 bits per heavy atom. The van der Waals surface area contributed by atoms with E-state index in [4.69, 9.17) is 11.6 Å². The summed E-state index contributed by atoms with van der Waals surface area (Å²) in [6.45, 7) is 7.17. The van der Waals surface area contributed by atoms with Gasteiger partial charge in [0.2, 0.25) is 0 Å². The number of rotatable bonds is 5. The first-order valence-corrected chi connectivity index (χ1v) is 7.70. The van der Waals surface area contributed by atoms with Crippen LogP contribution in [0.3, 0.4) is 0 Å². The predicted octanol–water partition coefficient (Wildman–Crippen LogP) is 5.52. The summed E-state index contributed by atoms with van der Waals surface area (Å²) < 4.78 is 13.4. The van der Waals surface area contributed by atoms with Crippen LogP contribution in [0.25, 0.3) is 11.1 Å². The van der Waals surface area contributed by atoms with E-state index in [0.29, 0.717) is 5.02 Å². The molecule has 2 aromatic rings. The molecule has 3 heteroatoms. The normalized spacial score (nSPS) is 12.4. The second-order valence-electron chi connectivity index (χ2n) is 5.37. The Labute approximate surface area is 131 Å². The maximum atomic E-state index is 13.4. The summed E-state index contributed by atoms with van der Waals surface area (Å²) in [7, 11) is 0. The number of benzene rings is 2. The van der Waals surface area contributed by atoms with E-state index in [-0.39, 0.29) is 11.9 Å². The number of nitrogens with one attached hydrogen (secondary N) is 1. The molecule has 0 aliphatic carbocycles. The van der Waals surface area contributed by atoms with Crippen LogP contribution in [-0.2, 0) is 0 Å². The molecule has 21 heavy (non-hydrogen) atoms. The van der Waals surface area contributed by atoms with Crippen LogP contribution in [0.15, 0.2) is 36.4 Å². The summed E-state index contributed by atoms with van der Waals surface area (Å²) in [5.41, 5.74) is 3.95. The summed E-state index contributed by atoms with van der Waals surface area (Å²) in [4.78, 5) is 0. The Balaban J connectivity index is 2.32. The fourth-order valence-electron chi connectivity index (χ4n) is 2.42. The Hall–Kier alpha value is -1.38. The monoisotopic (exact) mass is 305 g/mol. The fraction of sp³-hybridized carbons (Fsp3) is 0.333. The Morgan fingerprint density at radius 3 is 2.62 bits per heavy atom. The fourth-order valence-corrected chi connectivity index (χ4v) is 2.77. The molecule has 0 aliphatic rings. The van der Waals surface area contributed by atoms with E-state index < -0.39 is 0 Å². The highest BCUT2D eigenvalue weighted by Crippen LogP contribution is 2.31. The van der Waals surface area contributed by atoms with Crippen LogP contribution in [0.1, 0.15) is 37.4 Å². The largest absolute Gasteiger partial charge is 0.310 e. The van der Waals surface area contributed by atoms with E-state index in [9.17, 15) is 4.39 Å². The number of halogens is 2. The smallest absolute Gasteiger partial charge is 0.123 e. The molecule has 2 aromatic carbocycles. The maximum absolute atomic E-state index is 13.4. The first kappa shape index (κ1) is 16.0. The molecule has 112 valence electrons. The van der Waals surface area contributed by atoms with Gasteiger partial charge in [-0.25, -0.2) is 4.39 Å². The van der Waals surface area contributed by atoms with Gasteiger partial charge in [0.05, 0.1) is 0 Å². The van der Waals surface area contributed by atoms with Crippen molar-refractivity contribution in [1.82, 2.24) is 5.32 Å². The molecule has 1 atom stereocenters. The van der Waals surface area contributed by atoms with Crippen molar-refractivity contribution in [3.63, 3.8) is 0 Å². The van der Waals surface area contributed by atoms with Gasteiger partial charge in [-0.2, -0.15) is 0 Å². The third-order valence-corrected chi connectivity index (χ3v) is 4.01. The molecule has 0 radical (unpaired) electrons. The average molecular weight is 306 g/mol. The number of hydrogen-bond donors (Lipinski definition) is 1. The van der Waals surface area contributed by atoms with Crippen LogP contribution in [0.4, 0.5) is 4.39 Å². The molecule has 1 unspecified atom stereocenters. The minimum absolute atomic E-state index is 0.208. The van der Waals surface area contributed by atoms with Crippen LogP contribution < -0.4 is 5.32 Å². The molecule has 0 spiro atoms. The van der Waals surface area contributed by atoms with Gasteiger partial charge >= 0.3 is 0 Å². The number of hydrogen-bond acceptors (Lipinski definition) is 1. The minimum atomic E-state index is -0.228. The molecule has 0 heterocycles. The van der Waals surface area contributed by atoms with E-state index >= 15 is 0 Å². The van der Waals surface area contributed by atoms with Gasteiger partial charge in [-0.1, -0.05) is 36.7 Å². The quantitative estimate of drug-likeness (QED) is 0.767. The third-order valence-electron chi connectivity index (χ3n) is 3.68. The summed E-state index contributed by atoms with van der Waals surface area (Å²) >= 11 is 6.41. The van der Waals surface area contributed by atoms with Gasteiger partial charge in [0, 0.05) is 11.1 Å². The highest BCUT2D eigenvalue weighted by atomic mass is 35.5. The van der Waals surface area contributed by atoms with Gasteiger partial charge in [0.15, 0.2) is 0 Å². The lowest BCUT2D eigenvalue weighted by atomic mass is 9.98. The SMILES string of the molecule is CCCNC(C)c1ccc(-c2cc(F)ccc2C)cc1Cl. The zero-order valence-electron chi connectivity index (χ0n) is 12.7. The molecule has 0 aromatic heterocycles. The molecular weight excluding hydrogens is 285 g/mol. The van der Waals surface area contributed by atoms with E-state index in [1.165, 1.54) is 6.07 Å². The van der Waals surface area contributed by atoms with E-state index in [2.05, 4.69) is 19.2 Å². The Kier molecular flexibility index (Phi) is 5.38. The molecule has 0 saturated carbocycles. The van der Waals surface area contributed by atoms with Crippen molar-refractivity contribution >= 4 is 11.6 Å². The summed E-state index contributed by atoms with van der Waals surface area (Å²) in [5, 5.41) is 4.14. The van der Waals surface area contributed by atoms with E-state index in [1.807, 2.05) is 25.1 Å². The highest BCUT2D eigenvalue weighted by molar-refractivity contribution is 6.31. The molecule has 1 N–H and O–H groups in total. The van der Waals surface area contributed by atoms with Crippen LogP contribution in [0.5, 0.6) is 0 Å². The molecular formula is C18H21ClFN. The predicted molar refractivity (Wildman–Crippen MR) is 88.3 cm³/mol. The number of aryl methyl sites for hydroxylation is 1. The summed E-state index contributed by atoms with van der Waals surface area (Å²) in [6, 6.07) is 11.0. The molecule has 0 bridgehead atoms. The topological polar surface area (TPSA) is 12.0 Å². The van der Waals surface area contributed by atoms with Crippen LogP contribution >= 0.6 is 11.6 Å². The highest BCUT2D eigenvalue weighted by Gasteiger charge is 2.11. The van der Waals surface area contributed by atoms with Crippen LogP contribution in [0, 0.1) is 12.7 Å². The van der Waals surface area contributed by atoms with Crippen molar-refractivity contribution in [3.8, 4) is 11.1 Å². The molecule has 2 rings (SSSR count). The molecule has 0 saturated heterocycles. The zero-order valence-corrected chi connectivity index (χ0v) is 13.5. The van der Waals surface area contributed by atoms with Crippen LogP contribution in [0.2, 0.25) is 5.02 Å². The third kappa shape index (κ3) is 3.84. The Morgan fingerprint density at radius 2 is 1.95 bits per heavy atom. The molecule has 0 amide bonds.